The summed E-state index contributed by atoms with van der Waals surface area (Å²) in [5.74, 6) is 0.212. The highest BCUT2D eigenvalue weighted by molar-refractivity contribution is 7.09. The van der Waals surface area contributed by atoms with Gasteiger partial charge in [0.1, 0.15) is 5.01 Å². The van der Waals surface area contributed by atoms with Crippen molar-refractivity contribution in [2.45, 2.75) is 19.4 Å². The molecule has 0 spiro atoms. The summed E-state index contributed by atoms with van der Waals surface area (Å²) in [4.78, 5) is 17.7. The van der Waals surface area contributed by atoms with Gasteiger partial charge in [0.2, 0.25) is 5.91 Å². The van der Waals surface area contributed by atoms with Crippen LogP contribution >= 0.6 is 11.3 Å². The van der Waals surface area contributed by atoms with Gasteiger partial charge in [0.25, 0.3) is 0 Å². The van der Waals surface area contributed by atoms with Gasteiger partial charge < -0.3 is 10.2 Å². The Kier molecular flexibility index (Phi) is 3.69. The lowest BCUT2D eigenvalue weighted by atomic mass is 10.4. The lowest BCUT2D eigenvalue weighted by Crippen LogP contribution is -2.35. The first-order valence-electron chi connectivity index (χ1n) is 5.23. The predicted octanol–water partition coefficient (Wildman–Crippen LogP) is 0.855. The first-order chi connectivity index (χ1) is 7.36. The van der Waals surface area contributed by atoms with E-state index in [1.54, 1.807) is 17.5 Å². The van der Waals surface area contributed by atoms with Crippen molar-refractivity contribution in [1.29, 1.82) is 0 Å². The van der Waals surface area contributed by atoms with Crippen LogP contribution in [0.2, 0.25) is 0 Å². The zero-order valence-corrected chi connectivity index (χ0v) is 9.42. The van der Waals surface area contributed by atoms with Gasteiger partial charge in [0.05, 0.1) is 6.54 Å². The van der Waals surface area contributed by atoms with E-state index >= 15 is 0 Å². The van der Waals surface area contributed by atoms with E-state index in [0.29, 0.717) is 13.1 Å². The maximum absolute atomic E-state index is 11.6. The predicted molar refractivity (Wildman–Crippen MR) is 59.6 cm³/mol. The molecular weight excluding hydrogens is 210 g/mol. The van der Waals surface area contributed by atoms with Gasteiger partial charge >= 0.3 is 0 Å². The fraction of sp³-hybridized carbons (Fsp3) is 0.600. The molecule has 1 N–H and O–H groups in total. The standard InChI is InChI=1S/C10H15N3OS/c14-10(13-4-1-2-5-13)8-11-7-9-12-3-6-15-9/h3,6,11H,1-2,4-5,7-8H2. The number of hydrogen-bond acceptors (Lipinski definition) is 4. The summed E-state index contributed by atoms with van der Waals surface area (Å²) < 4.78 is 0. The number of nitrogens with one attached hydrogen (secondary N) is 1. The summed E-state index contributed by atoms with van der Waals surface area (Å²) in [7, 11) is 0. The lowest BCUT2D eigenvalue weighted by molar-refractivity contribution is -0.129. The number of carbonyl (C=O) groups excluding carboxylic acids is 1. The minimum atomic E-state index is 0.212. The van der Waals surface area contributed by atoms with E-state index in [9.17, 15) is 4.79 Å². The minimum Gasteiger partial charge on any atom is -0.342 e. The van der Waals surface area contributed by atoms with Crippen LogP contribution in [-0.4, -0.2) is 35.4 Å². The molecule has 1 aromatic rings. The molecule has 0 unspecified atom stereocenters. The van der Waals surface area contributed by atoms with Crippen LogP contribution in [0.25, 0.3) is 0 Å². The van der Waals surface area contributed by atoms with Gasteiger partial charge in [0, 0.05) is 31.2 Å². The number of aromatic nitrogens is 1. The molecule has 0 aliphatic carbocycles. The molecule has 0 aromatic carbocycles. The SMILES string of the molecule is O=C(CNCc1nccs1)N1CCCC1. The molecule has 1 aromatic heterocycles. The highest BCUT2D eigenvalue weighted by Crippen LogP contribution is 2.07. The van der Waals surface area contributed by atoms with Crippen LogP contribution in [-0.2, 0) is 11.3 Å². The zero-order valence-electron chi connectivity index (χ0n) is 8.61. The van der Waals surface area contributed by atoms with Crippen LogP contribution in [0.1, 0.15) is 17.8 Å². The Bertz CT molecular complexity index is 306. The molecule has 15 heavy (non-hydrogen) atoms. The van der Waals surface area contributed by atoms with Gasteiger partial charge in [-0.15, -0.1) is 11.3 Å². The Balaban J connectivity index is 1.67. The zero-order chi connectivity index (χ0) is 10.5. The van der Waals surface area contributed by atoms with Crippen LogP contribution < -0.4 is 5.32 Å². The molecule has 1 amide bonds. The van der Waals surface area contributed by atoms with Gasteiger partial charge in [0.15, 0.2) is 0 Å². The number of carbonyl (C=O) groups is 1. The molecule has 4 nitrogen and oxygen atoms in total. The molecule has 0 radical (unpaired) electrons. The van der Waals surface area contributed by atoms with E-state index in [0.717, 1.165) is 30.9 Å². The van der Waals surface area contributed by atoms with Crippen molar-refractivity contribution in [3.05, 3.63) is 16.6 Å². The van der Waals surface area contributed by atoms with Crippen LogP contribution in [0, 0.1) is 0 Å². The van der Waals surface area contributed by atoms with Gasteiger partial charge in [-0.2, -0.15) is 0 Å². The maximum atomic E-state index is 11.6. The Morgan fingerprint density at radius 2 is 2.33 bits per heavy atom. The molecule has 1 aliphatic rings. The molecular formula is C10H15N3OS. The van der Waals surface area contributed by atoms with Crippen LogP contribution in [0.15, 0.2) is 11.6 Å². The number of nitrogens with zero attached hydrogens (tertiary/aromatic N) is 2. The fourth-order valence-corrected chi connectivity index (χ4v) is 2.28. The largest absolute Gasteiger partial charge is 0.342 e. The normalized spacial score (nSPS) is 15.9. The highest BCUT2D eigenvalue weighted by atomic mass is 32.1. The van der Waals surface area contributed by atoms with E-state index in [1.165, 1.54) is 0 Å². The van der Waals surface area contributed by atoms with Crippen LogP contribution in [0.5, 0.6) is 0 Å². The Morgan fingerprint density at radius 3 is 3.00 bits per heavy atom. The van der Waals surface area contributed by atoms with E-state index < -0.39 is 0 Å². The molecule has 1 aliphatic heterocycles. The van der Waals surface area contributed by atoms with Gasteiger partial charge in [-0.1, -0.05) is 0 Å². The lowest BCUT2D eigenvalue weighted by Gasteiger charge is -2.14. The molecule has 1 fully saturated rings. The number of hydrogen-bond donors (Lipinski definition) is 1. The van der Waals surface area contributed by atoms with Gasteiger partial charge in [-0.3, -0.25) is 4.79 Å². The van der Waals surface area contributed by atoms with Crippen molar-refractivity contribution < 1.29 is 4.79 Å². The average molecular weight is 225 g/mol. The summed E-state index contributed by atoms with van der Waals surface area (Å²) in [6.07, 6.45) is 4.08. The molecule has 0 saturated carbocycles. The van der Waals surface area contributed by atoms with E-state index in [2.05, 4.69) is 10.3 Å². The molecule has 1 saturated heterocycles. The number of amides is 1. The second-order valence-electron chi connectivity index (χ2n) is 3.62. The summed E-state index contributed by atoms with van der Waals surface area (Å²) in [5.41, 5.74) is 0. The quantitative estimate of drug-likeness (QED) is 0.826. The molecule has 82 valence electrons. The van der Waals surface area contributed by atoms with Crippen molar-refractivity contribution in [3.8, 4) is 0 Å². The van der Waals surface area contributed by atoms with Gasteiger partial charge in [-0.25, -0.2) is 4.98 Å². The van der Waals surface area contributed by atoms with Crippen LogP contribution in [0.4, 0.5) is 0 Å². The van der Waals surface area contributed by atoms with Crippen molar-refractivity contribution in [1.82, 2.24) is 15.2 Å². The van der Waals surface area contributed by atoms with Crippen molar-refractivity contribution in [2.75, 3.05) is 19.6 Å². The Labute approximate surface area is 93.3 Å². The highest BCUT2D eigenvalue weighted by Gasteiger charge is 2.16. The topological polar surface area (TPSA) is 45.2 Å². The van der Waals surface area contributed by atoms with E-state index in [4.69, 9.17) is 0 Å². The Hall–Kier alpha value is -0.940. The number of rotatable bonds is 4. The third-order valence-electron chi connectivity index (χ3n) is 2.49. The second kappa shape index (κ2) is 5.23. The van der Waals surface area contributed by atoms with Gasteiger partial charge in [-0.05, 0) is 12.8 Å². The summed E-state index contributed by atoms with van der Waals surface area (Å²) in [5, 5.41) is 6.10. The molecule has 0 atom stereocenters. The monoisotopic (exact) mass is 225 g/mol. The minimum absolute atomic E-state index is 0.212. The number of likely N-dealkylation sites (tertiary alicyclic amines) is 1. The molecule has 2 rings (SSSR count). The smallest absolute Gasteiger partial charge is 0.236 e. The molecule has 0 bridgehead atoms. The van der Waals surface area contributed by atoms with E-state index in [-0.39, 0.29) is 5.91 Å². The second-order valence-corrected chi connectivity index (χ2v) is 4.60. The van der Waals surface area contributed by atoms with Crippen molar-refractivity contribution in [2.24, 2.45) is 0 Å². The van der Waals surface area contributed by atoms with Crippen LogP contribution in [0.3, 0.4) is 0 Å². The van der Waals surface area contributed by atoms with Crippen molar-refractivity contribution >= 4 is 17.2 Å². The summed E-state index contributed by atoms with van der Waals surface area (Å²) in [6.45, 7) is 2.98. The summed E-state index contributed by atoms with van der Waals surface area (Å²) in [6, 6.07) is 0. The molecule has 5 heteroatoms. The first-order valence-corrected chi connectivity index (χ1v) is 6.11. The Morgan fingerprint density at radius 1 is 1.53 bits per heavy atom. The molecule has 2 heterocycles. The fourth-order valence-electron chi connectivity index (χ4n) is 1.69. The first kappa shape index (κ1) is 10.6. The maximum Gasteiger partial charge on any atom is 0.236 e. The van der Waals surface area contributed by atoms with E-state index in [1.807, 2.05) is 10.3 Å². The third-order valence-corrected chi connectivity index (χ3v) is 3.27. The number of thiazole rings is 1. The third kappa shape index (κ3) is 3.00. The summed E-state index contributed by atoms with van der Waals surface area (Å²) >= 11 is 1.61. The average Bonchev–Trinajstić information content (AvgIpc) is 2.90. The van der Waals surface area contributed by atoms with Crippen molar-refractivity contribution in [3.63, 3.8) is 0 Å².